The number of rotatable bonds is 12. The molecule has 0 fully saturated rings. The molecule has 0 saturated heterocycles. The van der Waals surface area contributed by atoms with Gasteiger partial charge in [-0.2, -0.15) is 4.31 Å². The molecule has 0 amide bonds. The van der Waals surface area contributed by atoms with Gasteiger partial charge in [-0.3, -0.25) is 0 Å². The molecule has 0 saturated carbocycles. The Morgan fingerprint density at radius 2 is 1.37 bits per heavy atom. The van der Waals surface area contributed by atoms with Gasteiger partial charge in [0.2, 0.25) is 10.0 Å². The predicted octanol–water partition coefficient (Wildman–Crippen LogP) is 7.57. The van der Waals surface area contributed by atoms with Crippen molar-refractivity contribution >= 4 is 26.7 Å². The van der Waals surface area contributed by atoms with Gasteiger partial charge in [-0.25, -0.2) is 8.42 Å². The number of nitrogens with zero attached hydrogens (tertiary/aromatic N) is 1. The SMILES string of the molecule is C=CC[C@@H](CO[Si](C)(C)C(C)(C)C)N(C(C)C)S(=O)(=O)c1ccc(CO[Si](C)(C)C(C)(C)C)cc1. The summed E-state index contributed by atoms with van der Waals surface area (Å²) >= 11 is 0. The van der Waals surface area contributed by atoms with Gasteiger partial charge >= 0.3 is 0 Å². The lowest BCUT2D eigenvalue weighted by atomic mass is 10.2. The van der Waals surface area contributed by atoms with Crippen LogP contribution in [0.2, 0.25) is 36.3 Å². The highest BCUT2D eigenvalue weighted by Crippen LogP contribution is 2.38. The van der Waals surface area contributed by atoms with Crippen molar-refractivity contribution in [1.82, 2.24) is 4.31 Å². The molecule has 1 rings (SSSR count). The van der Waals surface area contributed by atoms with E-state index in [1.165, 1.54) is 0 Å². The molecule has 0 unspecified atom stereocenters. The summed E-state index contributed by atoms with van der Waals surface area (Å²) in [6, 6.07) is 6.62. The van der Waals surface area contributed by atoms with Crippen molar-refractivity contribution in [2.24, 2.45) is 0 Å². The number of hydrogen-bond acceptors (Lipinski definition) is 4. The van der Waals surface area contributed by atoms with Crippen LogP contribution in [0.4, 0.5) is 0 Å². The average molecular weight is 542 g/mol. The first-order valence-electron chi connectivity index (χ1n) is 12.7. The lowest BCUT2D eigenvalue weighted by molar-refractivity contribution is 0.172. The molecule has 1 aromatic carbocycles. The molecule has 0 aromatic heterocycles. The quantitative estimate of drug-likeness (QED) is 0.202. The third-order valence-corrected chi connectivity index (χ3v) is 18.8. The van der Waals surface area contributed by atoms with Crippen molar-refractivity contribution in [3.63, 3.8) is 0 Å². The van der Waals surface area contributed by atoms with E-state index in [1.54, 1.807) is 22.5 Å². The standard InChI is InChI=1S/C27H51NO4SSi2/c1-14-15-24(21-32-35(12,13)27(7,8)9)28(22(2)3)33(29,30)25-18-16-23(17-19-25)20-31-34(10,11)26(4,5)6/h14,16-19,22,24H,1,15,20-21H2,2-13H3/t24-/m0/s1. The minimum atomic E-state index is -3.72. The molecule has 0 aliphatic rings. The van der Waals surface area contributed by atoms with E-state index in [-0.39, 0.29) is 22.2 Å². The summed E-state index contributed by atoms with van der Waals surface area (Å²) in [6.45, 7) is 30.6. The third kappa shape index (κ3) is 8.37. The minimum Gasteiger partial charge on any atom is -0.415 e. The van der Waals surface area contributed by atoms with Crippen molar-refractivity contribution in [2.45, 2.75) is 122 Å². The molecule has 0 spiro atoms. The van der Waals surface area contributed by atoms with Crippen LogP contribution in [0.15, 0.2) is 41.8 Å². The van der Waals surface area contributed by atoms with Crippen LogP contribution in [0.1, 0.15) is 67.4 Å². The number of sulfonamides is 1. The van der Waals surface area contributed by atoms with Crippen LogP contribution in [0.5, 0.6) is 0 Å². The van der Waals surface area contributed by atoms with E-state index < -0.39 is 26.7 Å². The van der Waals surface area contributed by atoms with Crippen LogP contribution >= 0.6 is 0 Å². The second-order valence-corrected chi connectivity index (χ2v) is 24.3. The molecule has 1 aromatic rings. The maximum atomic E-state index is 13.8. The van der Waals surface area contributed by atoms with Crippen LogP contribution in [0.3, 0.4) is 0 Å². The molecule has 8 heteroatoms. The molecular formula is C27H51NO4SSi2. The van der Waals surface area contributed by atoms with Crippen LogP contribution in [0, 0.1) is 0 Å². The first kappa shape index (κ1) is 32.3. The first-order chi connectivity index (χ1) is 15.7. The van der Waals surface area contributed by atoms with Crippen LogP contribution in [-0.4, -0.2) is 48.0 Å². The summed E-state index contributed by atoms with van der Waals surface area (Å²) in [6.07, 6.45) is 2.32. The van der Waals surface area contributed by atoms with Gasteiger partial charge in [-0.05, 0) is 74.2 Å². The van der Waals surface area contributed by atoms with Gasteiger partial charge in [-0.15, -0.1) is 6.58 Å². The van der Waals surface area contributed by atoms with Gasteiger partial charge in [0.25, 0.3) is 0 Å². The summed E-state index contributed by atoms with van der Waals surface area (Å²) in [5.74, 6) is 0. The van der Waals surface area contributed by atoms with Crippen molar-refractivity contribution in [1.29, 1.82) is 0 Å². The third-order valence-electron chi connectivity index (χ3n) is 7.65. The van der Waals surface area contributed by atoms with E-state index in [0.29, 0.717) is 24.5 Å². The van der Waals surface area contributed by atoms with E-state index in [0.717, 1.165) is 5.56 Å². The van der Waals surface area contributed by atoms with Crippen molar-refractivity contribution < 1.29 is 17.3 Å². The second-order valence-electron chi connectivity index (χ2n) is 12.9. The molecule has 5 nitrogen and oxygen atoms in total. The fraction of sp³-hybridized carbons (Fsp3) is 0.704. The summed E-state index contributed by atoms with van der Waals surface area (Å²) in [5.41, 5.74) is 0.980. The molecule has 0 N–H and O–H groups in total. The Bertz CT molecular complexity index is 927. The molecule has 0 aliphatic heterocycles. The van der Waals surface area contributed by atoms with Gasteiger partial charge in [0, 0.05) is 6.04 Å². The van der Waals surface area contributed by atoms with Crippen LogP contribution in [0.25, 0.3) is 0 Å². The Kier molecular flexibility index (Phi) is 10.8. The highest BCUT2D eigenvalue weighted by molar-refractivity contribution is 7.89. The van der Waals surface area contributed by atoms with Gasteiger partial charge < -0.3 is 8.85 Å². The number of hydrogen-bond donors (Lipinski definition) is 0. The molecule has 1 atom stereocenters. The Morgan fingerprint density at radius 1 is 0.914 bits per heavy atom. The van der Waals surface area contributed by atoms with Gasteiger partial charge in [0.15, 0.2) is 16.6 Å². The predicted molar refractivity (Wildman–Crippen MR) is 154 cm³/mol. The zero-order chi connectivity index (χ0) is 27.5. The zero-order valence-corrected chi connectivity index (χ0v) is 27.2. The highest BCUT2D eigenvalue weighted by Gasteiger charge is 2.40. The second kappa shape index (κ2) is 11.7. The molecule has 0 aliphatic carbocycles. The molecule has 0 heterocycles. The topological polar surface area (TPSA) is 55.8 Å². The van der Waals surface area contributed by atoms with E-state index in [9.17, 15) is 8.42 Å². The highest BCUT2D eigenvalue weighted by atomic mass is 32.2. The van der Waals surface area contributed by atoms with Gasteiger partial charge in [0.05, 0.1) is 24.2 Å². The van der Waals surface area contributed by atoms with E-state index in [2.05, 4.69) is 74.3 Å². The smallest absolute Gasteiger partial charge is 0.243 e. The Labute approximate surface area is 218 Å². The number of benzene rings is 1. The largest absolute Gasteiger partial charge is 0.415 e. The average Bonchev–Trinajstić information content (AvgIpc) is 2.69. The minimum absolute atomic E-state index is 0.0512. The van der Waals surface area contributed by atoms with Crippen molar-refractivity contribution in [3.8, 4) is 0 Å². The van der Waals surface area contributed by atoms with Crippen molar-refractivity contribution in [2.75, 3.05) is 6.61 Å². The van der Waals surface area contributed by atoms with Crippen LogP contribution in [-0.2, 0) is 25.5 Å². The zero-order valence-electron chi connectivity index (χ0n) is 24.4. The van der Waals surface area contributed by atoms with Gasteiger partial charge in [-0.1, -0.05) is 59.8 Å². The summed E-state index contributed by atoms with van der Waals surface area (Å²) in [5, 5.41) is 0.177. The first-order valence-corrected chi connectivity index (χ1v) is 19.9. The molecular weight excluding hydrogens is 491 g/mol. The summed E-state index contributed by atoms with van der Waals surface area (Å²) < 4.78 is 42.0. The molecule has 202 valence electrons. The van der Waals surface area contributed by atoms with Crippen LogP contribution < -0.4 is 0 Å². The van der Waals surface area contributed by atoms with Crippen molar-refractivity contribution in [3.05, 3.63) is 42.5 Å². The van der Waals surface area contributed by atoms with E-state index >= 15 is 0 Å². The van der Waals surface area contributed by atoms with Gasteiger partial charge in [0.1, 0.15) is 0 Å². The lowest BCUT2D eigenvalue weighted by Gasteiger charge is -2.40. The maximum Gasteiger partial charge on any atom is 0.243 e. The Morgan fingerprint density at radius 3 is 1.77 bits per heavy atom. The van der Waals surface area contributed by atoms with E-state index in [4.69, 9.17) is 8.85 Å². The molecule has 0 bridgehead atoms. The fourth-order valence-electron chi connectivity index (χ4n) is 3.21. The maximum absolute atomic E-state index is 13.8. The Hall–Kier alpha value is -0.776. The summed E-state index contributed by atoms with van der Waals surface area (Å²) in [7, 11) is -7.63. The lowest BCUT2D eigenvalue weighted by Crippen LogP contribution is -2.50. The molecule has 35 heavy (non-hydrogen) atoms. The normalized spacial score (nSPS) is 15.0. The fourth-order valence-corrected chi connectivity index (χ4v) is 7.03. The molecule has 0 radical (unpaired) electrons. The monoisotopic (exact) mass is 541 g/mol. The van der Waals surface area contributed by atoms with E-state index in [1.807, 2.05) is 26.0 Å². The summed E-state index contributed by atoms with van der Waals surface area (Å²) in [4.78, 5) is 0.295. The Balaban J connectivity index is 3.18.